The topological polar surface area (TPSA) is 48.3 Å². The molecule has 0 aliphatic heterocycles. The highest BCUT2D eigenvalue weighted by Crippen LogP contribution is 2.35. The summed E-state index contributed by atoms with van der Waals surface area (Å²) in [6.45, 7) is 3.15. The summed E-state index contributed by atoms with van der Waals surface area (Å²) in [5.74, 6) is 0.425. The number of rotatable bonds is 5. The third-order valence-electron chi connectivity index (χ3n) is 2.78. The Kier molecular flexibility index (Phi) is 4.25. The Hall–Kier alpha value is -1.27. The summed E-state index contributed by atoms with van der Waals surface area (Å²) in [5.41, 5.74) is 0.583. The van der Waals surface area contributed by atoms with Gasteiger partial charge in [0, 0.05) is 16.9 Å². The molecule has 0 bridgehead atoms. The van der Waals surface area contributed by atoms with E-state index in [0.29, 0.717) is 16.7 Å². The molecule has 20 heavy (non-hydrogen) atoms. The van der Waals surface area contributed by atoms with Crippen molar-refractivity contribution in [3.05, 3.63) is 24.4 Å². The lowest BCUT2D eigenvalue weighted by Gasteiger charge is -2.11. The zero-order chi connectivity index (χ0) is 14.9. The highest BCUT2D eigenvalue weighted by Gasteiger charge is 2.22. The van der Waals surface area contributed by atoms with Gasteiger partial charge in [-0.15, -0.1) is 0 Å². The molecule has 0 saturated heterocycles. The number of hydrogen-bond donors (Lipinski definition) is 0. The van der Waals surface area contributed by atoms with Gasteiger partial charge >= 0.3 is 0 Å². The number of hydrogen-bond acceptors (Lipinski definition) is 3. The molecule has 0 N–H and O–H groups in total. The second-order valence-electron chi connectivity index (χ2n) is 4.63. The maximum Gasteiger partial charge on any atom is 0.263 e. The number of aryl methyl sites for hydroxylation is 1. The second kappa shape index (κ2) is 5.61. The number of alkyl halides is 1. The van der Waals surface area contributed by atoms with E-state index in [4.69, 9.17) is 15.4 Å². The van der Waals surface area contributed by atoms with E-state index in [1.807, 2.05) is 13.8 Å². The van der Waals surface area contributed by atoms with E-state index in [1.54, 1.807) is 18.2 Å². The summed E-state index contributed by atoms with van der Waals surface area (Å²) in [6.07, 6.45) is 1.23. The standard InChI is InChI=1S/C13H15ClFNO3S/c1-9(2)19-11-5-3-4-10-13(11)12(20(14,17)18)8-16(10)7-6-15/h3-5,8-9H,6-7H2,1-2H3. The molecule has 0 saturated carbocycles. The van der Waals surface area contributed by atoms with Crippen molar-refractivity contribution >= 4 is 30.6 Å². The molecule has 0 radical (unpaired) electrons. The maximum atomic E-state index is 12.6. The summed E-state index contributed by atoms with van der Waals surface area (Å²) < 4.78 is 43.1. The molecule has 0 atom stereocenters. The van der Waals surface area contributed by atoms with Crippen molar-refractivity contribution in [2.75, 3.05) is 6.67 Å². The van der Waals surface area contributed by atoms with Crippen LogP contribution in [0.2, 0.25) is 0 Å². The number of nitrogens with zero attached hydrogens (tertiary/aromatic N) is 1. The van der Waals surface area contributed by atoms with Crippen molar-refractivity contribution in [3.63, 3.8) is 0 Å². The van der Waals surface area contributed by atoms with Gasteiger partial charge in [-0.05, 0) is 26.0 Å². The highest BCUT2D eigenvalue weighted by molar-refractivity contribution is 8.14. The van der Waals surface area contributed by atoms with Crippen LogP contribution in [0.25, 0.3) is 10.9 Å². The molecule has 0 fully saturated rings. The lowest BCUT2D eigenvalue weighted by Crippen LogP contribution is -2.06. The Morgan fingerprint density at radius 1 is 1.40 bits per heavy atom. The molecule has 7 heteroatoms. The number of aromatic nitrogens is 1. The third-order valence-corrected chi connectivity index (χ3v) is 4.12. The molecule has 0 aliphatic rings. The second-order valence-corrected chi connectivity index (χ2v) is 7.16. The van der Waals surface area contributed by atoms with Gasteiger partial charge in [0.25, 0.3) is 9.05 Å². The van der Waals surface area contributed by atoms with Crippen LogP contribution in [0, 0.1) is 0 Å². The molecule has 0 unspecified atom stereocenters. The SMILES string of the molecule is CC(C)Oc1cccc2c1c(S(=O)(=O)Cl)cn2CCF. The zero-order valence-electron chi connectivity index (χ0n) is 11.1. The number of fused-ring (bicyclic) bond motifs is 1. The predicted molar refractivity (Wildman–Crippen MR) is 76.7 cm³/mol. The van der Waals surface area contributed by atoms with Crippen LogP contribution >= 0.6 is 10.7 Å². The van der Waals surface area contributed by atoms with Crippen LogP contribution in [0.1, 0.15) is 13.8 Å². The lowest BCUT2D eigenvalue weighted by molar-refractivity contribution is 0.245. The average molecular weight is 320 g/mol. The third kappa shape index (κ3) is 2.91. The van der Waals surface area contributed by atoms with Crippen molar-refractivity contribution in [1.82, 2.24) is 4.57 Å². The van der Waals surface area contributed by atoms with Gasteiger partial charge in [0.05, 0.1) is 23.6 Å². The first-order valence-electron chi connectivity index (χ1n) is 6.13. The molecule has 110 valence electrons. The molecule has 0 amide bonds. The molecule has 4 nitrogen and oxygen atoms in total. The van der Waals surface area contributed by atoms with Crippen LogP contribution in [0.3, 0.4) is 0 Å². The van der Waals surface area contributed by atoms with Crippen molar-refractivity contribution < 1.29 is 17.5 Å². The van der Waals surface area contributed by atoms with E-state index in [2.05, 4.69) is 0 Å². The average Bonchev–Trinajstić information content (AvgIpc) is 2.69. The van der Waals surface area contributed by atoms with Crippen LogP contribution in [-0.2, 0) is 15.6 Å². The first-order valence-corrected chi connectivity index (χ1v) is 8.44. The van der Waals surface area contributed by atoms with Crippen LogP contribution < -0.4 is 4.74 Å². The largest absolute Gasteiger partial charge is 0.490 e. The fraction of sp³-hybridized carbons (Fsp3) is 0.385. The van der Waals surface area contributed by atoms with Gasteiger partial charge in [-0.2, -0.15) is 0 Å². The first kappa shape index (κ1) is 15.1. The first-order chi connectivity index (χ1) is 9.34. The van der Waals surface area contributed by atoms with E-state index in [0.717, 1.165) is 0 Å². The van der Waals surface area contributed by atoms with Gasteiger partial charge in [0.1, 0.15) is 17.3 Å². The lowest BCUT2D eigenvalue weighted by atomic mass is 10.2. The predicted octanol–water partition coefficient (Wildman–Crippen LogP) is 3.33. The van der Waals surface area contributed by atoms with Crippen molar-refractivity contribution in [3.8, 4) is 5.75 Å². The number of halogens is 2. The molecule has 1 heterocycles. The Balaban J connectivity index is 2.77. The molecule has 2 aromatic rings. The van der Waals surface area contributed by atoms with E-state index < -0.39 is 15.7 Å². The quantitative estimate of drug-likeness (QED) is 0.794. The normalized spacial score (nSPS) is 12.2. The van der Waals surface area contributed by atoms with Crippen LogP contribution in [-0.4, -0.2) is 25.8 Å². The van der Waals surface area contributed by atoms with E-state index >= 15 is 0 Å². The van der Waals surface area contributed by atoms with E-state index in [9.17, 15) is 12.8 Å². The van der Waals surface area contributed by atoms with Crippen LogP contribution in [0.5, 0.6) is 5.75 Å². The minimum atomic E-state index is -3.94. The Morgan fingerprint density at radius 2 is 2.10 bits per heavy atom. The number of ether oxygens (including phenoxy) is 1. The molecule has 0 aliphatic carbocycles. The Labute approximate surface area is 121 Å². The smallest absolute Gasteiger partial charge is 0.263 e. The van der Waals surface area contributed by atoms with E-state index in [1.165, 1.54) is 10.8 Å². The maximum absolute atomic E-state index is 12.6. The van der Waals surface area contributed by atoms with Gasteiger partial charge in [0.15, 0.2) is 0 Å². The summed E-state index contributed by atoms with van der Waals surface area (Å²) in [5, 5.41) is 0.393. The molecular formula is C13H15ClFNO3S. The van der Waals surface area contributed by atoms with Gasteiger partial charge in [0.2, 0.25) is 0 Å². The summed E-state index contributed by atoms with van der Waals surface area (Å²) in [4.78, 5) is -0.0566. The van der Waals surface area contributed by atoms with Crippen molar-refractivity contribution in [2.24, 2.45) is 0 Å². The van der Waals surface area contributed by atoms with E-state index in [-0.39, 0.29) is 17.5 Å². The zero-order valence-corrected chi connectivity index (χ0v) is 12.7. The van der Waals surface area contributed by atoms with Gasteiger partial charge in [-0.25, -0.2) is 12.8 Å². The molecular weight excluding hydrogens is 305 g/mol. The van der Waals surface area contributed by atoms with Gasteiger partial charge in [-0.3, -0.25) is 0 Å². The Bertz CT molecular complexity index is 725. The molecule has 0 spiro atoms. The summed E-state index contributed by atoms with van der Waals surface area (Å²) >= 11 is 0. The molecule has 1 aromatic heterocycles. The van der Waals surface area contributed by atoms with Gasteiger partial charge < -0.3 is 9.30 Å². The summed E-state index contributed by atoms with van der Waals surface area (Å²) in [6, 6.07) is 5.12. The minimum absolute atomic E-state index is 0.0566. The Morgan fingerprint density at radius 3 is 2.65 bits per heavy atom. The molecule has 1 aromatic carbocycles. The fourth-order valence-corrected chi connectivity index (χ4v) is 3.15. The number of benzene rings is 1. The highest BCUT2D eigenvalue weighted by atomic mass is 35.7. The molecule has 2 rings (SSSR count). The van der Waals surface area contributed by atoms with Crippen LogP contribution in [0.15, 0.2) is 29.3 Å². The van der Waals surface area contributed by atoms with Crippen molar-refractivity contribution in [2.45, 2.75) is 31.4 Å². The minimum Gasteiger partial charge on any atom is -0.490 e. The fourth-order valence-electron chi connectivity index (χ4n) is 2.10. The van der Waals surface area contributed by atoms with Crippen molar-refractivity contribution in [1.29, 1.82) is 0 Å². The van der Waals surface area contributed by atoms with Crippen LogP contribution in [0.4, 0.5) is 4.39 Å². The summed E-state index contributed by atoms with van der Waals surface area (Å²) in [7, 11) is 1.53. The monoisotopic (exact) mass is 319 g/mol. The van der Waals surface area contributed by atoms with Gasteiger partial charge in [-0.1, -0.05) is 6.07 Å².